The Morgan fingerprint density at radius 3 is 2.75 bits per heavy atom. The zero-order chi connectivity index (χ0) is 16.5. The average molecular weight is 444 g/mol. The van der Waals surface area contributed by atoms with Crippen molar-refractivity contribution in [2.24, 2.45) is 4.99 Å². The van der Waals surface area contributed by atoms with Gasteiger partial charge in [-0.05, 0) is 24.6 Å². The predicted molar refractivity (Wildman–Crippen MR) is 104 cm³/mol. The maximum atomic E-state index is 13.6. The van der Waals surface area contributed by atoms with E-state index in [1.54, 1.807) is 25.4 Å². The minimum absolute atomic E-state index is 0. The molecule has 7 heteroatoms. The quantitative estimate of drug-likeness (QED) is 0.409. The minimum Gasteiger partial charge on any atom is -0.481 e. The number of benzene rings is 1. The first-order chi connectivity index (χ1) is 11.2. The summed E-state index contributed by atoms with van der Waals surface area (Å²) in [5.74, 6) is 0.961. The number of guanidine groups is 1. The second-order valence-corrected chi connectivity index (χ2v) is 4.85. The number of pyridine rings is 1. The van der Waals surface area contributed by atoms with Crippen LogP contribution in [0.5, 0.6) is 5.88 Å². The van der Waals surface area contributed by atoms with Gasteiger partial charge in [0.1, 0.15) is 5.82 Å². The molecular weight excluding hydrogens is 422 g/mol. The molecule has 0 bridgehead atoms. The van der Waals surface area contributed by atoms with Gasteiger partial charge in [-0.1, -0.05) is 18.2 Å². The number of halogens is 2. The van der Waals surface area contributed by atoms with E-state index in [-0.39, 0.29) is 29.8 Å². The number of hydrogen-bond acceptors (Lipinski definition) is 3. The summed E-state index contributed by atoms with van der Waals surface area (Å²) in [5.41, 5.74) is 1.59. The maximum absolute atomic E-state index is 13.6. The maximum Gasteiger partial charge on any atom is 0.213 e. The Morgan fingerprint density at radius 1 is 1.25 bits per heavy atom. The lowest BCUT2D eigenvalue weighted by atomic mass is 10.2. The third kappa shape index (κ3) is 6.31. The first-order valence-corrected chi connectivity index (χ1v) is 7.47. The van der Waals surface area contributed by atoms with Crippen LogP contribution in [0, 0.1) is 5.82 Å². The van der Waals surface area contributed by atoms with E-state index in [2.05, 4.69) is 20.6 Å². The second-order valence-electron chi connectivity index (χ2n) is 4.85. The lowest BCUT2D eigenvalue weighted by molar-refractivity contribution is 0.397. The van der Waals surface area contributed by atoms with Gasteiger partial charge in [0.25, 0.3) is 0 Å². The van der Waals surface area contributed by atoms with Crippen LogP contribution in [0.2, 0.25) is 0 Å². The molecule has 130 valence electrons. The highest BCUT2D eigenvalue weighted by Crippen LogP contribution is 2.09. The molecule has 0 aliphatic rings. The first-order valence-electron chi connectivity index (χ1n) is 7.47. The Bertz CT molecular complexity index is 667. The van der Waals surface area contributed by atoms with Crippen LogP contribution in [0.25, 0.3) is 0 Å². The zero-order valence-electron chi connectivity index (χ0n) is 13.8. The summed E-state index contributed by atoms with van der Waals surface area (Å²) >= 11 is 0. The summed E-state index contributed by atoms with van der Waals surface area (Å²) in [4.78, 5) is 8.56. The van der Waals surface area contributed by atoms with Gasteiger partial charge < -0.3 is 15.4 Å². The van der Waals surface area contributed by atoms with E-state index < -0.39 is 0 Å². The molecule has 2 rings (SSSR count). The molecule has 0 unspecified atom stereocenters. The summed E-state index contributed by atoms with van der Waals surface area (Å²) in [6, 6.07) is 10.4. The predicted octanol–water partition coefficient (Wildman–Crippen LogP) is 3.10. The molecule has 0 spiro atoms. The zero-order valence-corrected chi connectivity index (χ0v) is 16.1. The highest BCUT2D eigenvalue weighted by atomic mass is 127. The fraction of sp³-hybridized carbons (Fsp3) is 0.294. The van der Waals surface area contributed by atoms with E-state index in [9.17, 15) is 4.39 Å². The number of aliphatic imine (C=N–C) groups is 1. The molecule has 0 aliphatic carbocycles. The van der Waals surface area contributed by atoms with Gasteiger partial charge >= 0.3 is 0 Å². The van der Waals surface area contributed by atoms with Crippen LogP contribution in [-0.4, -0.2) is 24.6 Å². The molecule has 0 atom stereocenters. The number of nitrogens with zero attached hydrogens (tertiary/aromatic N) is 2. The molecule has 24 heavy (non-hydrogen) atoms. The Morgan fingerprint density at radius 2 is 2.04 bits per heavy atom. The van der Waals surface area contributed by atoms with Gasteiger partial charge in [-0.3, -0.25) is 0 Å². The van der Waals surface area contributed by atoms with E-state index >= 15 is 0 Å². The summed E-state index contributed by atoms with van der Waals surface area (Å²) < 4.78 is 18.7. The third-order valence-electron chi connectivity index (χ3n) is 3.18. The van der Waals surface area contributed by atoms with Gasteiger partial charge in [0.2, 0.25) is 5.88 Å². The monoisotopic (exact) mass is 444 g/mol. The normalized spacial score (nSPS) is 10.7. The van der Waals surface area contributed by atoms with Crippen molar-refractivity contribution in [3.05, 3.63) is 59.5 Å². The van der Waals surface area contributed by atoms with Gasteiger partial charge in [-0.2, -0.15) is 0 Å². The molecule has 0 saturated carbocycles. The third-order valence-corrected chi connectivity index (χ3v) is 3.18. The van der Waals surface area contributed by atoms with Crippen LogP contribution in [0.4, 0.5) is 4.39 Å². The smallest absolute Gasteiger partial charge is 0.213 e. The van der Waals surface area contributed by atoms with Crippen molar-refractivity contribution < 1.29 is 9.13 Å². The lowest BCUT2D eigenvalue weighted by Crippen LogP contribution is -2.37. The van der Waals surface area contributed by atoms with E-state index in [4.69, 9.17) is 4.74 Å². The highest BCUT2D eigenvalue weighted by molar-refractivity contribution is 14.0. The molecule has 0 fully saturated rings. The molecule has 0 saturated heterocycles. The molecule has 0 amide bonds. The molecule has 5 nitrogen and oxygen atoms in total. The van der Waals surface area contributed by atoms with Crippen molar-refractivity contribution >= 4 is 29.9 Å². The summed E-state index contributed by atoms with van der Waals surface area (Å²) in [5, 5.41) is 6.27. The van der Waals surface area contributed by atoms with E-state index in [0.717, 1.165) is 12.1 Å². The number of aromatic nitrogens is 1. The Labute approximate surface area is 158 Å². The van der Waals surface area contributed by atoms with Crippen LogP contribution in [0.15, 0.2) is 47.6 Å². The number of nitrogens with one attached hydrogen (secondary N) is 2. The average Bonchev–Trinajstić information content (AvgIpc) is 2.59. The SMILES string of the molecule is CCNC(=NCc1ccnc(OC)c1)NCc1ccccc1F.I. The van der Waals surface area contributed by atoms with Crippen molar-refractivity contribution in [2.75, 3.05) is 13.7 Å². The van der Waals surface area contributed by atoms with Crippen LogP contribution < -0.4 is 15.4 Å². The van der Waals surface area contributed by atoms with Crippen molar-refractivity contribution in [3.8, 4) is 5.88 Å². The molecular formula is C17H22FIN4O. The lowest BCUT2D eigenvalue weighted by Gasteiger charge is -2.12. The van der Waals surface area contributed by atoms with Crippen LogP contribution in [0.1, 0.15) is 18.1 Å². The molecule has 1 aromatic heterocycles. The number of rotatable bonds is 6. The summed E-state index contributed by atoms with van der Waals surface area (Å²) in [6.45, 7) is 3.56. The second kappa shape index (κ2) is 10.8. The van der Waals surface area contributed by atoms with Crippen LogP contribution in [0.3, 0.4) is 0 Å². The van der Waals surface area contributed by atoms with Crippen molar-refractivity contribution in [1.29, 1.82) is 0 Å². The van der Waals surface area contributed by atoms with E-state index in [1.165, 1.54) is 6.07 Å². The molecule has 0 aliphatic heterocycles. The fourth-order valence-electron chi connectivity index (χ4n) is 1.99. The summed E-state index contributed by atoms with van der Waals surface area (Å²) in [6.07, 6.45) is 1.68. The number of hydrogen-bond donors (Lipinski definition) is 2. The molecule has 1 heterocycles. The van der Waals surface area contributed by atoms with Crippen LogP contribution >= 0.6 is 24.0 Å². The van der Waals surface area contributed by atoms with Crippen molar-refractivity contribution in [3.63, 3.8) is 0 Å². The van der Waals surface area contributed by atoms with Crippen molar-refractivity contribution in [2.45, 2.75) is 20.0 Å². The molecule has 2 N–H and O–H groups in total. The highest BCUT2D eigenvalue weighted by Gasteiger charge is 2.03. The topological polar surface area (TPSA) is 58.5 Å². The van der Waals surface area contributed by atoms with Gasteiger partial charge in [0, 0.05) is 30.9 Å². The fourth-order valence-corrected chi connectivity index (χ4v) is 1.99. The largest absolute Gasteiger partial charge is 0.481 e. The molecule has 1 aromatic carbocycles. The number of methoxy groups -OCH3 is 1. The van der Waals surface area contributed by atoms with Crippen LogP contribution in [-0.2, 0) is 13.1 Å². The van der Waals surface area contributed by atoms with Gasteiger partial charge in [-0.25, -0.2) is 14.4 Å². The van der Waals surface area contributed by atoms with E-state index in [0.29, 0.717) is 30.5 Å². The Kier molecular flexibility index (Phi) is 9.06. The van der Waals surface area contributed by atoms with Gasteiger partial charge in [0.05, 0.1) is 13.7 Å². The van der Waals surface area contributed by atoms with Gasteiger partial charge in [0.15, 0.2) is 5.96 Å². The Hall–Kier alpha value is -1.90. The van der Waals surface area contributed by atoms with Gasteiger partial charge in [-0.15, -0.1) is 24.0 Å². The molecule has 0 radical (unpaired) electrons. The van der Waals surface area contributed by atoms with Crippen molar-refractivity contribution in [1.82, 2.24) is 15.6 Å². The number of ether oxygens (including phenoxy) is 1. The van der Waals surface area contributed by atoms with E-state index in [1.807, 2.05) is 25.1 Å². The summed E-state index contributed by atoms with van der Waals surface area (Å²) in [7, 11) is 1.58. The standard InChI is InChI=1S/C17H21FN4O.HI/c1-3-19-17(22-12-14-6-4-5-7-15(14)18)21-11-13-8-9-20-16(10-13)23-2;/h4-10H,3,11-12H2,1-2H3,(H2,19,21,22);1H. The molecule has 2 aromatic rings. The minimum atomic E-state index is -0.227. The first kappa shape index (κ1) is 20.1. The Balaban J connectivity index is 0.00000288.